The molecule has 1 aromatic carbocycles. The topological polar surface area (TPSA) is 118 Å². The molecule has 224 valence electrons. The van der Waals surface area contributed by atoms with Crippen LogP contribution in [0.15, 0.2) is 24.4 Å². The van der Waals surface area contributed by atoms with E-state index < -0.39 is 60.9 Å². The largest absolute Gasteiger partial charge is 0.394 e. The molecule has 0 bridgehead atoms. The Morgan fingerprint density at radius 3 is 2.46 bits per heavy atom. The van der Waals surface area contributed by atoms with Gasteiger partial charge in [-0.2, -0.15) is 36.2 Å². The third kappa shape index (κ3) is 7.97. The Balaban J connectivity index is 1.54. The molecule has 0 unspecified atom stereocenters. The molecule has 1 fully saturated rings. The van der Waals surface area contributed by atoms with E-state index in [0.717, 1.165) is 26.7 Å². The van der Waals surface area contributed by atoms with Gasteiger partial charge in [-0.15, -0.1) is 5.10 Å². The SMILES string of the molecule is C[C@@H](NC(=O)CCC(F)(F)F)c1ccc2nc([C@H](CC(C)(C)C(F)(F)F)NC(=O)c3cnn(CC4CC4)n3)[nH]c2c1. The van der Waals surface area contributed by atoms with Gasteiger partial charge in [-0.25, -0.2) is 4.98 Å². The van der Waals surface area contributed by atoms with Crippen molar-refractivity contribution in [3.8, 4) is 0 Å². The molecule has 2 aromatic heterocycles. The maximum atomic E-state index is 13.8. The number of alkyl halides is 6. The van der Waals surface area contributed by atoms with Gasteiger partial charge in [0.15, 0.2) is 5.69 Å². The molecule has 9 nitrogen and oxygen atoms in total. The number of carbonyl (C=O) groups excluding carboxylic acids is 2. The van der Waals surface area contributed by atoms with Crippen molar-refractivity contribution in [3.05, 3.63) is 41.5 Å². The number of hydrogen-bond donors (Lipinski definition) is 3. The van der Waals surface area contributed by atoms with Crippen molar-refractivity contribution in [2.45, 2.75) is 83.9 Å². The summed E-state index contributed by atoms with van der Waals surface area (Å²) in [6.07, 6.45) is -8.14. The summed E-state index contributed by atoms with van der Waals surface area (Å²) in [5.74, 6) is -0.942. The van der Waals surface area contributed by atoms with Crippen LogP contribution in [0.2, 0.25) is 0 Å². The average Bonchev–Trinajstić information content (AvgIpc) is 3.37. The van der Waals surface area contributed by atoms with Crippen LogP contribution in [-0.2, 0) is 11.3 Å². The van der Waals surface area contributed by atoms with E-state index >= 15 is 0 Å². The van der Waals surface area contributed by atoms with Gasteiger partial charge in [-0.3, -0.25) is 9.59 Å². The van der Waals surface area contributed by atoms with Crippen molar-refractivity contribution >= 4 is 22.8 Å². The second kappa shape index (κ2) is 11.3. The summed E-state index contributed by atoms with van der Waals surface area (Å²) in [6, 6.07) is 2.94. The lowest BCUT2D eigenvalue weighted by atomic mass is 9.84. The lowest BCUT2D eigenvalue weighted by Crippen LogP contribution is -2.39. The van der Waals surface area contributed by atoms with Gasteiger partial charge in [0.25, 0.3) is 5.91 Å². The molecule has 1 saturated carbocycles. The van der Waals surface area contributed by atoms with Gasteiger partial charge in [-0.05, 0) is 49.8 Å². The Hall–Kier alpha value is -3.65. The number of benzene rings is 1. The number of carbonyl (C=O) groups is 2. The molecule has 2 amide bonds. The highest BCUT2D eigenvalue weighted by Crippen LogP contribution is 2.43. The van der Waals surface area contributed by atoms with E-state index in [9.17, 15) is 35.9 Å². The number of aromatic amines is 1. The lowest BCUT2D eigenvalue weighted by molar-refractivity contribution is -0.215. The number of nitrogens with one attached hydrogen (secondary N) is 3. The number of hydrogen-bond acceptors (Lipinski definition) is 5. The first-order valence-corrected chi connectivity index (χ1v) is 13.1. The van der Waals surface area contributed by atoms with Crippen LogP contribution in [0.1, 0.15) is 86.8 Å². The second-order valence-corrected chi connectivity index (χ2v) is 11.1. The molecule has 2 heterocycles. The van der Waals surface area contributed by atoms with E-state index in [-0.39, 0.29) is 11.5 Å². The Morgan fingerprint density at radius 2 is 1.83 bits per heavy atom. The van der Waals surface area contributed by atoms with Crippen molar-refractivity contribution < 1.29 is 35.9 Å². The predicted molar refractivity (Wildman–Crippen MR) is 135 cm³/mol. The molecule has 0 aliphatic heterocycles. The molecule has 1 aliphatic carbocycles. The first-order valence-electron chi connectivity index (χ1n) is 13.1. The fourth-order valence-corrected chi connectivity index (χ4v) is 4.23. The maximum absolute atomic E-state index is 13.8. The van der Waals surface area contributed by atoms with E-state index in [1.807, 2.05) is 0 Å². The van der Waals surface area contributed by atoms with E-state index in [1.165, 1.54) is 11.0 Å². The number of nitrogens with zero attached hydrogens (tertiary/aromatic N) is 4. The first-order chi connectivity index (χ1) is 19.0. The summed E-state index contributed by atoms with van der Waals surface area (Å²) < 4.78 is 78.7. The summed E-state index contributed by atoms with van der Waals surface area (Å²) in [6.45, 7) is 4.21. The minimum atomic E-state index is -4.57. The molecule has 41 heavy (non-hydrogen) atoms. The van der Waals surface area contributed by atoms with Crippen LogP contribution in [0, 0.1) is 11.3 Å². The normalized spacial score (nSPS) is 16.0. The number of rotatable bonds is 11. The molecule has 2 atom stereocenters. The van der Waals surface area contributed by atoms with Gasteiger partial charge in [0, 0.05) is 6.42 Å². The number of fused-ring (bicyclic) bond motifs is 1. The zero-order valence-corrected chi connectivity index (χ0v) is 22.7. The van der Waals surface area contributed by atoms with Crippen LogP contribution in [0.25, 0.3) is 11.0 Å². The lowest BCUT2D eigenvalue weighted by Gasteiger charge is -2.31. The van der Waals surface area contributed by atoms with E-state index in [1.54, 1.807) is 25.1 Å². The Kier molecular flexibility index (Phi) is 8.37. The summed E-state index contributed by atoms with van der Waals surface area (Å²) in [5.41, 5.74) is -0.883. The number of aromatic nitrogens is 5. The van der Waals surface area contributed by atoms with Crippen LogP contribution in [-0.4, -0.2) is 49.1 Å². The van der Waals surface area contributed by atoms with Crippen molar-refractivity contribution in [3.63, 3.8) is 0 Å². The zero-order chi connectivity index (χ0) is 30.2. The summed E-state index contributed by atoms with van der Waals surface area (Å²) in [4.78, 5) is 33.7. The smallest absolute Gasteiger partial charge is 0.350 e. The van der Waals surface area contributed by atoms with Crippen LogP contribution in [0.4, 0.5) is 26.3 Å². The van der Waals surface area contributed by atoms with Crippen LogP contribution in [0.5, 0.6) is 0 Å². The highest BCUT2D eigenvalue weighted by atomic mass is 19.4. The first kappa shape index (κ1) is 30.3. The van der Waals surface area contributed by atoms with Gasteiger partial charge in [-0.1, -0.05) is 19.9 Å². The molecular weight excluding hydrogens is 556 g/mol. The van der Waals surface area contributed by atoms with Gasteiger partial charge in [0.1, 0.15) is 5.82 Å². The third-order valence-corrected chi connectivity index (χ3v) is 7.04. The van der Waals surface area contributed by atoms with Crippen LogP contribution >= 0.6 is 0 Å². The fourth-order valence-electron chi connectivity index (χ4n) is 4.23. The molecule has 0 radical (unpaired) electrons. The highest BCUT2D eigenvalue weighted by Gasteiger charge is 2.49. The molecule has 1 aliphatic rings. The zero-order valence-electron chi connectivity index (χ0n) is 22.7. The molecule has 0 spiro atoms. The van der Waals surface area contributed by atoms with Crippen molar-refractivity contribution in [1.82, 2.24) is 35.6 Å². The van der Waals surface area contributed by atoms with Gasteiger partial charge < -0.3 is 15.6 Å². The van der Waals surface area contributed by atoms with Crippen molar-refractivity contribution in [2.24, 2.45) is 11.3 Å². The molecule has 3 N–H and O–H groups in total. The van der Waals surface area contributed by atoms with E-state index in [2.05, 4.69) is 30.8 Å². The average molecular weight is 588 g/mol. The molecular formula is C26H31F6N7O2. The van der Waals surface area contributed by atoms with Crippen LogP contribution in [0.3, 0.4) is 0 Å². The second-order valence-electron chi connectivity index (χ2n) is 11.1. The highest BCUT2D eigenvalue weighted by molar-refractivity contribution is 5.92. The van der Waals surface area contributed by atoms with Gasteiger partial charge in [0.2, 0.25) is 5.91 Å². The molecule has 0 saturated heterocycles. The molecule has 3 aromatic rings. The standard InChI is InChI=1S/C26H31F6N7O2/c1-14(34-21(40)8-9-25(27,28)29)16-6-7-17-18(10-16)36-22(35-17)19(11-24(2,3)26(30,31)32)37-23(41)20-12-33-39(38-20)13-15-4-5-15/h6-7,10,12,14-15,19H,4-5,8-9,11,13H2,1-3H3,(H,34,40)(H,35,36)(H,37,41)/t14-,19+/m1/s1. The van der Waals surface area contributed by atoms with Crippen molar-refractivity contribution in [1.29, 1.82) is 0 Å². The maximum Gasteiger partial charge on any atom is 0.394 e. The summed E-state index contributed by atoms with van der Waals surface area (Å²) in [7, 11) is 0. The van der Waals surface area contributed by atoms with E-state index in [0.29, 0.717) is 29.1 Å². The van der Waals surface area contributed by atoms with Crippen LogP contribution < -0.4 is 10.6 Å². The van der Waals surface area contributed by atoms with Gasteiger partial charge in [0.05, 0.1) is 47.7 Å². The minimum Gasteiger partial charge on any atom is -0.350 e. The van der Waals surface area contributed by atoms with Gasteiger partial charge >= 0.3 is 12.4 Å². The fraction of sp³-hybridized carbons (Fsp3) is 0.577. The number of halogens is 6. The molecule has 4 rings (SSSR count). The number of amides is 2. The quantitative estimate of drug-likeness (QED) is 0.255. The Morgan fingerprint density at radius 1 is 1.12 bits per heavy atom. The molecule has 15 heteroatoms. The third-order valence-electron chi connectivity index (χ3n) is 7.04. The number of imidazole rings is 1. The Labute approximate surface area is 231 Å². The minimum absolute atomic E-state index is 0.0334. The monoisotopic (exact) mass is 587 g/mol. The van der Waals surface area contributed by atoms with E-state index in [4.69, 9.17) is 0 Å². The Bertz CT molecular complexity index is 1390. The predicted octanol–water partition coefficient (Wildman–Crippen LogP) is 5.53. The van der Waals surface area contributed by atoms with Crippen molar-refractivity contribution in [2.75, 3.05) is 0 Å². The summed E-state index contributed by atoms with van der Waals surface area (Å²) >= 11 is 0. The number of H-pyrrole nitrogens is 1. The summed E-state index contributed by atoms with van der Waals surface area (Å²) in [5, 5.41) is 13.3.